The van der Waals surface area contributed by atoms with Crippen molar-refractivity contribution in [3.05, 3.63) is 29.3 Å². The van der Waals surface area contributed by atoms with Gasteiger partial charge in [0.15, 0.2) is 0 Å². The Morgan fingerprint density at radius 3 is 2.86 bits per heavy atom. The minimum absolute atomic E-state index is 0.0632. The third kappa shape index (κ3) is 4.29. The molecule has 116 valence electrons. The Bertz CT molecular complexity index is 501. The third-order valence-corrected chi connectivity index (χ3v) is 4.46. The first-order valence-electron chi connectivity index (χ1n) is 7.80. The summed E-state index contributed by atoms with van der Waals surface area (Å²) in [5.41, 5.74) is 8.95. The number of hydrogen-bond donors (Lipinski definition) is 2. The zero-order valence-electron chi connectivity index (χ0n) is 13.4. The van der Waals surface area contributed by atoms with Crippen LogP contribution in [-0.4, -0.2) is 36.5 Å². The molecule has 2 atom stereocenters. The summed E-state index contributed by atoms with van der Waals surface area (Å²) in [6.07, 6.45) is 2.30. The van der Waals surface area contributed by atoms with E-state index in [0.717, 1.165) is 29.8 Å². The Labute approximate surface area is 127 Å². The highest BCUT2D eigenvalue weighted by Gasteiger charge is 2.26. The monoisotopic (exact) mass is 289 g/mol. The number of aryl methyl sites for hydroxylation is 2. The van der Waals surface area contributed by atoms with Crippen LogP contribution in [0.2, 0.25) is 0 Å². The van der Waals surface area contributed by atoms with Gasteiger partial charge in [-0.05, 0) is 63.3 Å². The van der Waals surface area contributed by atoms with E-state index in [1.807, 2.05) is 26.0 Å². The van der Waals surface area contributed by atoms with Gasteiger partial charge in [-0.2, -0.15) is 0 Å². The van der Waals surface area contributed by atoms with Crippen LogP contribution in [0.3, 0.4) is 0 Å². The van der Waals surface area contributed by atoms with Gasteiger partial charge in [-0.15, -0.1) is 0 Å². The van der Waals surface area contributed by atoms with Crippen LogP contribution >= 0.6 is 0 Å². The Kier molecular flexibility index (Phi) is 5.37. The van der Waals surface area contributed by atoms with Crippen LogP contribution < -0.4 is 11.1 Å². The van der Waals surface area contributed by atoms with Crippen molar-refractivity contribution in [2.75, 3.05) is 25.0 Å². The molecule has 4 nitrogen and oxygen atoms in total. The Balaban J connectivity index is 1.96. The van der Waals surface area contributed by atoms with E-state index in [0.29, 0.717) is 25.0 Å². The summed E-state index contributed by atoms with van der Waals surface area (Å²) in [5.74, 6) is 0.586. The van der Waals surface area contributed by atoms with Crippen molar-refractivity contribution in [3.63, 3.8) is 0 Å². The molecule has 1 aliphatic rings. The van der Waals surface area contributed by atoms with Crippen molar-refractivity contribution >= 4 is 11.6 Å². The van der Waals surface area contributed by atoms with E-state index in [1.54, 1.807) is 0 Å². The lowest BCUT2D eigenvalue weighted by Gasteiger charge is -2.37. The van der Waals surface area contributed by atoms with E-state index < -0.39 is 0 Å². The molecule has 2 unspecified atom stereocenters. The van der Waals surface area contributed by atoms with Gasteiger partial charge in [-0.3, -0.25) is 9.69 Å². The average molecular weight is 289 g/mol. The molecule has 1 fully saturated rings. The molecule has 1 aromatic carbocycles. The average Bonchev–Trinajstić information content (AvgIpc) is 2.45. The van der Waals surface area contributed by atoms with Crippen LogP contribution in [0.1, 0.15) is 30.9 Å². The number of anilines is 1. The van der Waals surface area contributed by atoms with Crippen LogP contribution in [0.15, 0.2) is 18.2 Å². The first kappa shape index (κ1) is 16.0. The highest BCUT2D eigenvalue weighted by atomic mass is 16.2. The molecule has 0 saturated carbocycles. The lowest BCUT2D eigenvalue weighted by atomic mass is 9.93. The maximum Gasteiger partial charge on any atom is 0.238 e. The molecule has 1 aliphatic heterocycles. The summed E-state index contributed by atoms with van der Waals surface area (Å²) in [5, 5.41) is 3.04. The molecule has 0 aromatic heterocycles. The number of nitrogens with two attached hydrogens (primary N) is 1. The maximum atomic E-state index is 12.3. The van der Waals surface area contributed by atoms with Crippen molar-refractivity contribution in [2.24, 2.45) is 11.7 Å². The fraction of sp³-hybridized carbons (Fsp3) is 0.588. The first-order chi connectivity index (χ1) is 9.99. The van der Waals surface area contributed by atoms with Crippen molar-refractivity contribution < 1.29 is 4.79 Å². The number of nitrogens with zero attached hydrogens (tertiary/aromatic N) is 1. The Hall–Kier alpha value is -1.39. The standard InChI is InChI=1S/C17H27N3O/c1-12-4-5-13(2)16(8-12)19-17(21)11-20-10-15(9-18)7-6-14(20)3/h4-5,8,14-15H,6-7,9-11,18H2,1-3H3,(H,19,21). The lowest BCUT2D eigenvalue weighted by Crippen LogP contribution is -2.47. The summed E-state index contributed by atoms with van der Waals surface area (Å²) < 4.78 is 0. The van der Waals surface area contributed by atoms with Gasteiger partial charge in [0.1, 0.15) is 0 Å². The van der Waals surface area contributed by atoms with Crippen LogP contribution in [0.4, 0.5) is 5.69 Å². The number of rotatable bonds is 4. The molecular formula is C17H27N3O. The predicted molar refractivity (Wildman–Crippen MR) is 87.4 cm³/mol. The number of nitrogens with one attached hydrogen (secondary N) is 1. The third-order valence-electron chi connectivity index (χ3n) is 4.46. The van der Waals surface area contributed by atoms with Crippen molar-refractivity contribution in [1.29, 1.82) is 0 Å². The number of amides is 1. The minimum atomic E-state index is 0.0632. The minimum Gasteiger partial charge on any atom is -0.330 e. The van der Waals surface area contributed by atoms with Gasteiger partial charge in [0, 0.05) is 18.3 Å². The molecule has 21 heavy (non-hydrogen) atoms. The molecule has 1 amide bonds. The number of piperidine rings is 1. The summed E-state index contributed by atoms with van der Waals surface area (Å²) >= 11 is 0. The van der Waals surface area contributed by atoms with Gasteiger partial charge in [0.05, 0.1) is 6.54 Å². The maximum absolute atomic E-state index is 12.3. The zero-order valence-corrected chi connectivity index (χ0v) is 13.4. The van der Waals surface area contributed by atoms with Crippen molar-refractivity contribution in [3.8, 4) is 0 Å². The highest BCUT2D eigenvalue weighted by molar-refractivity contribution is 5.93. The Morgan fingerprint density at radius 1 is 1.38 bits per heavy atom. The SMILES string of the molecule is Cc1ccc(C)c(NC(=O)CN2CC(CN)CCC2C)c1. The first-order valence-corrected chi connectivity index (χ1v) is 7.80. The zero-order chi connectivity index (χ0) is 15.4. The van der Waals surface area contributed by atoms with Crippen LogP contribution in [-0.2, 0) is 4.79 Å². The molecule has 0 bridgehead atoms. The summed E-state index contributed by atoms with van der Waals surface area (Å²) in [7, 11) is 0. The van der Waals surface area contributed by atoms with E-state index in [1.165, 1.54) is 6.42 Å². The largest absolute Gasteiger partial charge is 0.330 e. The number of hydrogen-bond acceptors (Lipinski definition) is 3. The smallest absolute Gasteiger partial charge is 0.238 e. The summed E-state index contributed by atoms with van der Waals surface area (Å²) in [6, 6.07) is 6.58. The number of carbonyl (C=O) groups excluding carboxylic acids is 1. The molecule has 0 radical (unpaired) electrons. The molecule has 4 heteroatoms. The van der Waals surface area contributed by atoms with Crippen molar-refractivity contribution in [2.45, 2.75) is 39.7 Å². The van der Waals surface area contributed by atoms with Crippen molar-refractivity contribution in [1.82, 2.24) is 4.90 Å². The molecule has 0 aliphatic carbocycles. The number of benzene rings is 1. The van der Waals surface area contributed by atoms with E-state index in [4.69, 9.17) is 5.73 Å². The second-order valence-corrected chi connectivity index (χ2v) is 6.32. The second kappa shape index (κ2) is 7.05. The molecule has 1 heterocycles. The van der Waals surface area contributed by atoms with Crippen LogP contribution in [0.5, 0.6) is 0 Å². The van der Waals surface area contributed by atoms with Crippen LogP contribution in [0, 0.1) is 19.8 Å². The lowest BCUT2D eigenvalue weighted by molar-refractivity contribution is -0.118. The molecule has 2 rings (SSSR count). The Morgan fingerprint density at radius 2 is 2.14 bits per heavy atom. The predicted octanol–water partition coefficient (Wildman–Crippen LogP) is 2.30. The van der Waals surface area contributed by atoms with Gasteiger partial charge < -0.3 is 11.1 Å². The highest BCUT2D eigenvalue weighted by Crippen LogP contribution is 2.21. The fourth-order valence-electron chi connectivity index (χ4n) is 2.92. The fourth-order valence-corrected chi connectivity index (χ4v) is 2.92. The number of likely N-dealkylation sites (tertiary alicyclic amines) is 1. The van der Waals surface area contributed by atoms with Gasteiger partial charge in [0.25, 0.3) is 0 Å². The van der Waals surface area contributed by atoms with E-state index >= 15 is 0 Å². The summed E-state index contributed by atoms with van der Waals surface area (Å²) in [6.45, 7) is 8.33. The molecule has 0 spiro atoms. The quantitative estimate of drug-likeness (QED) is 0.894. The topological polar surface area (TPSA) is 58.4 Å². The molecule has 1 saturated heterocycles. The normalized spacial score (nSPS) is 23.0. The second-order valence-electron chi connectivity index (χ2n) is 6.32. The van der Waals surface area contributed by atoms with Gasteiger partial charge >= 0.3 is 0 Å². The van der Waals surface area contributed by atoms with Gasteiger partial charge in [-0.25, -0.2) is 0 Å². The number of carbonyl (C=O) groups is 1. The molecular weight excluding hydrogens is 262 g/mol. The molecule has 3 N–H and O–H groups in total. The van der Waals surface area contributed by atoms with E-state index in [-0.39, 0.29) is 5.91 Å². The molecule has 1 aromatic rings. The van der Waals surface area contributed by atoms with E-state index in [2.05, 4.69) is 23.2 Å². The van der Waals surface area contributed by atoms with E-state index in [9.17, 15) is 4.79 Å². The van der Waals surface area contributed by atoms with Gasteiger partial charge in [0.2, 0.25) is 5.91 Å². The summed E-state index contributed by atoms with van der Waals surface area (Å²) in [4.78, 5) is 14.6. The van der Waals surface area contributed by atoms with Crippen LogP contribution in [0.25, 0.3) is 0 Å². The van der Waals surface area contributed by atoms with Gasteiger partial charge in [-0.1, -0.05) is 12.1 Å².